The van der Waals surface area contributed by atoms with Crippen LogP contribution in [0.3, 0.4) is 0 Å². The smallest absolute Gasteiger partial charge is 0.347 e. The van der Waals surface area contributed by atoms with Crippen molar-refractivity contribution in [3.63, 3.8) is 0 Å². The number of carbonyl (C=O) groups is 3. The number of carbonyl (C=O) groups excluding carboxylic acids is 3. The van der Waals surface area contributed by atoms with Crippen LogP contribution in [0, 0.1) is 11.3 Å². The summed E-state index contributed by atoms with van der Waals surface area (Å²) in [5.41, 5.74) is -0.998. The minimum atomic E-state index is -4.70. The van der Waals surface area contributed by atoms with Gasteiger partial charge in [0.1, 0.15) is 6.54 Å². The van der Waals surface area contributed by atoms with Crippen LogP contribution >= 0.6 is 0 Å². The molecule has 0 aromatic heterocycles. The van der Waals surface area contributed by atoms with Crippen molar-refractivity contribution in [3.05, 3.63) is 70.4 Å². The molecule has 0 spiro atoms. The molecule has 204 valence electrons. The molecule has 0 saturated carbocycles. The Morgan fingerprint density at radius 2 is 1.82 bits per heavy atom. The molecule has 4 rings (SSSR count). The lowest BCUT2D eigenvalue weighted by Gasteiger charge is -2.42. The van der Waals surface area contributed by atoms with Crippen LogP contribution in [0.2, 0.25) is 0 Å². The molecule has 2 aromatic rings. The van der Waals surface area contributed by atoms with Gasteiger partial charge in [-0.3, -0.25) is 14.5 Å². The number of nitrogens with zero attached hydrogens (tertiary/aromatic N) is 4. The molecule has 1 heterocycles. The highest BCUT2D eigenvalue weighted by atomic mass is 32.2. The number of benzene rings is 2. The number of Topliss-reactive ketones (excluding diaryl/α,β-unsaturated/α-hetero) is 1. The summed E-state index contributed by atoms with van der Waals surface area (Å²) in [6, 6.07) is 7.45. The van der Waals surface area contributed by atoms with Crippen LogP contribution in [-0.4, -0.2) is 62.8 Å². The Balaban J connectivity index is 2.02. The van der Waals surface area contributed by atoms with E-state index in [0.29, 0.717) is 0 Å². The van der Waals surface area contributed by atoms with Crippen LogP contribution in [0.4, 0.5) is 23.7 Å². The molecule has 0 fully saturated rings. The molecule has 0 saturated heterocycles. The Bertz CT molecular complexity index is 1570. The summed E-state index contributed by atoms with van der Waals surface area (Å²) in [5, 5.41) is 9.33. The van der Waals surface area contributed by atoms with E-state index < -0.39 is 51.9 Å². The molecule has 1 aliphatic carbocycles. The van der Waals surface area contributed by atoms with Crippen LogP contribution in [0.25, 0.3) is 0 Å². The minimum absolute atomic E-state index is 0.00264. The topological polar surface area (TPSA) is 119 Å². The van der Waals surface area contributed by atoms with Crippen LogP contribution in [0.1, 0.15) is 35.6 Å². The quantitative estimate of drug-likeness (QED) is 0.551. The average Bonchev–Trinajstić information content (AvgIpc) is 3.23. The maximum Gasteiger partial charge on any atom is 0.416 e. The van der Waals surface area contributed by atoms with Crippen molar-refractivity contribution in [1.82, 2.24) is 9.80 Å². The van der Waals surface area contributed by atoms with Crippen LogP contribution in [0.5, 0.6) is 0 Å². The monoisotopic (exact) mass is 560 g/mol. The van der Waals surface area contributed by atoms with E-state index in [1.807, 2.05) is 6.07 Å². The van der Waals surface area contributed by atoms with E-state index in [9.17, 15) is 41.2 Å². The molecule has 2 aliphatic rings. The molecule has 1 atom stereocenters. The number of likely N-dealkylation sites (N-methyl/N-ethyl adjacent to an activating group) is 1. The zero-order chi connectivity index (χ0) is 28.9. The summed E-state index contributed by atoms with van der Waals surface area (Å²) in [6.45, 7) is -0.598. The number of urea groups is 1. The Labute approximate surface area is 222 Å². The van der Waals surface area contributed by atoms with Crippen molar-refractivity contribution in [2.45, 2.75) is 30.0 Å². The fourth-order valence-corrected chi connectivity index (χ4v) is 5.67. The van der Waals surface area contributed by atoms with Gasteiger partial charge in [-0.25, -0.2) is 13.2 Å². The Hall–Kier alpha value is -4.18. The fourth-order valence-electron chi connectivity index (χ4n) is 4.72. The summed E-state index contributed by atoms with van der Waals surface area (Å²) in [5.74, 6) is -1.01. The Kier molecular flexibility index (Phi) is 7.03. The lowest BCUT2D eigenvalue weighted by Crippen LogP contribution is -2.53. The van der Waals surface area contributed by atoms with Crippen molar-refractivity contribution in [3.8, 4) is 6.07 Å². The third kappa shape index (κ3) is 5.12. The lowest BCUT2D eigenvalue weighted by atomic mass is 9.92. The van der Waals surface area contributed by atoms with E-state index in [2.05, 4.69) is 0 Å². The lowest BCUT2D eigenvalue weighted by molar-refractivity contribution is -0.137. The van der Waals surface area contributed by atoms with Crippen molar-refractivity contribution >= 4 is 33.2 Å². The molecule has 39 heavy (non-hydrogen) atoms. The van der Waals surface area contributed by atoms with E-state index >= 15 is 0 Å². The number of alkyl halides is 3. The summed E-state index contributed by atoms with van der Waals surface area (Å²) in [4.78, 5) is 42.9. The predicted molar refractivity (Wildman–Crippen MR) is 133 cm³/mol. The first-order valence-corrected chi connectivity index (χ1v) is 13.5. The van der Waals surface area contributed by atoms with Crippen molar-refractivity contribution in [2.75, 3.05) is 31.8 Å². The number of hydrogen-bond donors (Lipinski definition) is 0. The molecule has 2 aromatic carbocycles. The number of hydrogen-bond acceptors (Lipinski definition) is 6. The van der Waals surface area contributed by atoms with Crippen molar-refractivity contribution in [2.24, 2.45) is 0 Å². The summed E-state index contributed by atoms with van der Waals surface area (Å²) in [7, 11) is -1.12. The summed E-state index contributed by atoms with van der Waals surface area (Å²) in [6.07, 6.45) is -3.84. The number of ketones is 1. The number of rotatable bonds is 5. The molecule has 1 aliphatic heterocycles. The highest BCUT2D eigenvalue weighted by Gasteiger charge is 2.48. The van der Waals surface area contributed by atoms with E-state index in [4.69, 9.17) is 0 Å². The fraction of sp³-hybridized carbons (Fsp3) is 0.308. The van der Waals surface area contributed by atoms with Gasteiger partial charge in [0.15, 0.2) is 15.6 Å². The van der Waals surface area contributed by atoms with Crippen LogP contribution < -0.4 is 4.90 Å². The minimum Gasteiger partial charge on any atom is -0.347 e. The summed E-state index contributed by atoms with van der Waals surface area (Å²) >= 11 is 0. The van der Waals surface area contributed by atoms with Crippen LogP contribution in [0.15, 0.2) is 58.6 Å². The molecular weight excluding hydrogens is 537 g/mol. The van der Waals surface area contributed by atoms with Gasteiger partial charge in [-0.2, -0.15) is 18.4 Å². The van der Waals surface area contributed by atoms with Gasteiger partial charge in [0.2, 0.25) is 5.91 Å². The largest absolute Gasteiger partial charge is 0.416 e. The number of nitriles is 1. The Morgan fingerprint density at radius 3 is 2.41 bits per heavy atom. The SMILES string of the molecule is CN(C)C(=O)CN1C(=O)N(c2cccc(C(F)(F)F)c2)C2=C(C(=O)CC2)C1c1ccc(C#N)cc1S(C)(=O)=O. The van der Waals surface area contributed by atoms with Gasteiger partial charge < -0.3 is 9.80 Å². The average molecular weight is 561 g/mol. The first-order valence-electron chi connectivity index (χ1n) is 11.6. The van der Waals surface area contributed by atoms with E-state index in [0.717, 1.165) is 40.3 Å². The molecule has 1 unspecified atom stereocenters. The van der Waals surface area contributed by atoms with Gasteiger partial charge in [0.25, 0.3) is 0 Å². The first-order chi connectivity index (χ1) is 18.1. The molecule has 0 radical (unpaired) electrons. The Morgan fingerprint density at radius 1 is 1.13 bits per heavy atom. The van der Waals surface area contributed by atoms with E-state index in [1.165, 1.54) is 37.2 Å². The standard InChI is InChI=1S/C26H23F3N4O5S/c1-31(2)22(35)14-32-24(18-8-7-15(13-30)11-21(18)39(3,37)38)23-19(9-10-20(23)34)33(25(32)36)17-6-4-5-16(12-17)26(27,28)29/h4-8,11-12,24H,9-10,14H2,1-3H3. The predicted octanol–water partition coefficient (Wildman–Crippen LogP) is 3.67. The maximum atomic E-state index is 14.0. The number of allylic oxidation sites excluding steroid dienone is 1. The van der Waals surface area contributed by atoms with E-state index in [1.54, 1.807) is 0 Å². The van der Waals surface area contributed by atoms with Gasteiger partial charge in [0.05, 0.1) is 33.8 Å². The van der Waals surface area contributed by atoms with Gasteiger partial charge in [-0.05, 0) is 42.3 Å². The second kappa shape index (κ2) is 9.85. The number of sulfone groups is 1. The third-order valence-corrected chi connectivity index (χ3v) is 7.72. The van der Waals surface area contributed by atoms with Crippen LogP contribution in [-0.2, 0) is 25.6 Å². The summed E-state index contributed by atoms with van der Waals surface area (Å²) < 4.78 is 66.0. The molecule has 0 bridgehead atoms. The van der Waals surface area contributed by atoms with Gasteiger partial charge in [0, 0.05) is 38.0 Å². The zero-order valence-electron chi connectivity index (χ0n) is 21.1. The second-order valence-electron chi connectivity index (χ2n) is 9.40. The van der Waals surface area contributed by atoms with Gasteiger partial charge in [-0.1, -0.05) is 12.1 Å². The molecular formula is C26H23F3N4O5S. The number of halogens is 3. The van der Waals surface area contributed by atoms with E-state index in [-0.39, 0.29) is 45.8 Å². The highest BCUT2D eigenvalue weighted by molar-refractivity contribution is 7.90. The first kappa shape index (κ1) is 27.8. The normalized spacial score (nSPS) is 17.8. The maximum absolute atomic E-state index is 14.0. The molecule has 3 amide bonds. The number of amides is 3. The van der Waals surface area contributed by atoms with Crippen molar-refractivity contribution < 1.29 is 36.0 Å². The van der Waals surface area contributed by atoms with Gasteiger partial charge in [-0.15, -0.1) is 0 Å². The van der Waals surface area contributed by atoms with Crippen molar-refractivity contribution in [1.29, 1.82) is 5.26 Å². The molecule has 9 nitrogen and oxygen atoms in total. The highest BCUT2D eigenvalue weighted by Crippen LogP contribution is 2.46. The molecule has 13 heteroatoms. The second-order valence-corrected chi connectivity index (χ2v) is 11.4. The van der Waals surface area contributed by atoms with Gasteiger partial charge >= 0.3 is 12.2 Å². The zero-order valence-corrected chi connectivity index (χ0v) is 21.9. The molecule has 0 N–H and O–H groups in total. The third-order valence-electron chi connectivity index (χ3n) is 6.56. The number of anilines is 1.